The second-order valence-corrected chi connectivity index (χ2v) is 6.70. The van der Waals surface area contributed by atoms with E-state index in [1.807, 2.05) is 17.0 Å². The summed E-state index contributed by atoms with van der Waals surface area (Å²) < 4.78 is 7.72. The third-order valence-corrected chi connectivity index (χ3v) is 4.93. The lowest BCUT2D eigenvalue weighted by atomic mass is 9.87. The number of pyridine rings is 1. The van der Waals surface area contributed by atoms with Crippen molar-refractivity contribution < 1.29 is 9.53 Å². The molecular formula is C18H21N5O2. The predicted octanol–water partition coefficient (Wildman–Crippen LogP) is 2.00. The zero-order chi connectivity index (χ0) is 17.3. The fourth-order valence-electron chi connectivity index (χ4n) is 3.52. The summed E-state index contributed by atoms with van der Waals surface area (Å²) in [7, 11) is 0. The van der Waals surface area contributed by atoms with Gasteiger partial charge in [0.2, 0.25) is 0 Å². The Bertz CT molecular complexity index is 792. The summed E-state index contributed by atoms with van der Waals surface area (Å²) in [6.07, 6.45) is 8.06. The average Bonchev–Trinajstić information content (AvgIpc) is 3.17. The molecular weight excluding hydrogens is 318 g/mol. The molecule has 0 N–H and O–H groups in total. The molecule has 2 aliphatic rings. The molecule has 2 aromatic rings. The van der Waals surface area contributed by atoms with Crippen LogP contribution in [0.5, 0.6) is 0 Å². The van der Waals surface area contributed by atoms with Crippen LogP contribution in [0.2, 0.25) is 0 Å². The number of hydrogen-bond acceptors (Lipinski definition) is 5. The number of nitrogens with zero attached hydrogens (tertiary/aromatic N) is 5. The van der Waals surface area contributed by atoms with Gasteiger partial charge in [-0.3, -0.25) is 9.36 Å². The van der Waals surface area contributed by atoms with E-state index >= 15 is 0 Å². The first kappa shape index (κ1) is 16.0. The highest BCUT2D eigenvalue weighted by atomic mass is 16.5. The summed E-state index contributed by atoms with van der Waals surface area (Å²) in [5.41, 5.74) is 1.64. The third-order valence-electron chi connectivity index (χ3n) is 4.93. The van der Waals surface area contributed by atoms with Crippen molar-refractivity contribution in [1.29, 1.82) is 0 Å². The van der Waals surface area contributed by atoms with Crippen LogP contribution in [-0.4, -0.2) is 55.9 Å². The Kier molecular flexibility index (Phi) is 4.09. The lowest BCUT2D eigenvalue weighted by Gasteiger charge is -2.42. The Balaban J connectivity index is 1.48. The van der Waals surface area contributed by atoms with Crippen molar-refractivity contribution in [3.63, 3.8) is 0 Å². The van der Waals surface area contributed by atoms with Crippen molar-refractivity contribution in [3.8, 4) is 5.82 Å². The molecule has 0 saturated carbocycles. The molecule has 130 valence electrons. The van der Waals surface area contributed by atoms with E-state index < -0.39 is 0 Å². The smallest absolute Gasteiger partial charge is 0.272 e. The Morgan fingerprint density at radius 1 is 1.20 bits per heavy atom. The van der Waals surface area contributed by atoms with Crippen molar-refractivity contribution in [3.05, 3.63) is 48.2 Å². The number of likely N-dealkylation sites (tertiary alicyclic amines) is 1. The fraction of sp³-hybridized carbons (Fsp3) is 0.444. The number of amides is 1. The molecule has 1 fully saturated rings. The third kappa shape index (κ3) is 3.19. The lowest BCUT2D eigenvalue weighted by Crippen LogP contribution is -2.48. The van der Waals surface area contributed by atoms with E-state index in [0.717, 1.165) is 25.9 Å². The van der Waals surface area contributed by atoms with Gasteiger partial charge in [-0.05, 0) is 38.3 Å². The first-order chi connectivity index (χ1) is 12.2. The second-order valence-electron chi connectivity index (χ2n) is 6.70. The van der Waals surface area contributed by atoms with Crippen LogP contribution in [0.1, 0.15) is 36.7 Å². The minimum absolute atomic E-state index is 0.0405. The number of rotatable bonds is 2. The first-order valence-electron chi connectivity index (χ1n) is 8.59. The summed E-state index contributed by atoms with van der Waals surface area (Å²) in [5.74, 6) is 0.597. The molecule has 0 unspecified atom stereocenters. The van der Waals surface area contributed by atoms with Gasteiger partial charge in [0.15, 0.2) is 0 Å². The highest BCUT2D eigenvalue weighted by molar-refractivity contribution is 5.92. The van der Waals surface area contributed by atoms with E-state index in [4.69, 9.17) is 4.74 Å². The Morgan fingerprint density at radius 2 is 1.96 bits per heavy atom. The number of aromatic nitrogens is 4. The van der Waals surface area contributed by atoms with Crippen LogP contribution in [0.25, 0.3) is 5.82 Å². The summed E-state index contributed by atoms with van der Waals surface area (Å²) in [4.78, 5) is 19.1. The quantitative estimate of drug-likeness (QED) is 0.783. The van der Waals surface area contributed by atoms with E-state index in [1.54, 1.807) is 23.3 Å². The van der Waals surface area contributed by atoms with Gasteiger partial charge in [0.25, 0.3) is 5.91 Å². The molecule has 0 bridgehead atoms. The molecule has 1 amide bonds. The van der Waals surface area contributed by atoms with E-state index in [9.17, 15) is 4.79 Å². The fourth-order valence-corrected chi connectivity index (χ4v) is 3.52. The molecule has 25 heavy (non-hydrogen) atoms. The van der Waals surface area contributed by atoms with Crippen molar-refractivity contribution in [2.45, 2.75) is 31.8 Å². The first-order valence-corrected chi connectivity index (χ1v) is 8.59. The molecule has 2 aromatic heterocycles. The number of carbonyl (C=O) groups is 1. The molecule has 7 heteroatoms. The maximum Gasteiger partial charge on any atom is 0.272 e. The van der Waals surface area contributed by atoms with Gasteiger partial charge >= 0.3 is 0 Å². The maximum atomic E-state index is 12.8. The van der Waals surface area contributed by atoms with Gasteiger partial charge in [-0.1, -0.05) is 17.7 Å². The minimum atomic E-state index is -0.184. The van der Waals surface area contributed by atoms with E-state index in [-0.39, 0.29) is 11.5 Å². The highest BCUT2D eigenvalue weighted by Gasteiger charge is 2.37. The van der Waals surface area contributed by atoms with E-state index in [1.165, 1.54) is 5.57 Å². The molecule has 4 rings (SSSR count). The van der Waals surface area contributed by atoms with Crippen LogP contribution in [0.15, 0.2) is 42.5 Å². The standard InChI is InChI=1S/C18H21N5O2/c1-14-5-10-25-18(11-14)6-8-22(9-7-18)17(24)15-3-2-4-16(21-15)23-12-19-20-13-23/h2-4,11-13H,5-10H2,1H3. The molecule has 0 radical (unpaired) electrons. The Labute approximate surface area is 146 Å². The van der Waals surface area contributed by atoms with Gasteiger partial charge in [0.05, 0.1) is 12.2 Å². The number of hydrogen-bond donors (Lipinski definition) is 0. The minimum Gasteiger partial charge on any atom is -0.370 e. The zero-order valence-electron chi connectivity index (χ0n) is 14.3. The van der Waals surface area contributed by atoms with Crippen molar-refractivity contribution >= 4 is 5.91 Å². The lowest BCUT2D eigenvalue weighted by molar-refractivity contribution is -0.0522. The summed E-state index contributed by atoms with van der Waals surface area (Å²) in [5, 5.41) is 7.55. The molecule has 7 nitrogen and oxygen atoms in total. The molecule has 2 aliphatic heterocycles. The largest absolute Gasteiger partial charge is 0.370 e. The summed E-state index contributed by atoms with van der Waals surface area (Å²) in [6, 6.07) is 5.41. The van der Waals surface area contributed by atoms with Crippen LogP contribution in [0, 0.1) is 0 Å². The van der Waals surface area contributed by atoms with Crippen LogP contribution < -0.4 is 0 Å². The maximum absolute atomic E-state index is 12.8. The Morgan fingerprint density at radius 3 is 2.68 bits per heavy atom. The van der Waals surface area contributed by atoms with Crippen LogP contribution in [-0.2, 0) is 4.74 Å². The molecule has 4 heterocycles. The van der Waals surface area contributed by atoms with Gasteiger partial charge in [0, 0.05) is 13.1 Å². The van der Waals surface area contributed by atoms with Crippen LogP contribution >= 0.6 is 0 Å². The van der Waals surface area contributed by atoms with E-state index in [0.29, 0.717) is 24.6 Å². The van der Waals surface area contributed by atoms with Gasteiger partial charge in [-0.25, -0.2) is 4.98 Å². The monoisotopic (exact) mass is 339 g/mol. The average molecular weight is 339 g/mol. The van der Waals surface area contributed by atoms with Crippen molar-refractivity contribution in [2.24, 2.45) is 0 Å². The van der Waals surface area contributed by atoms with Gasteiger partial charge in [-0.15, -0.1) is 10.2 Å². The molecule has 1 saturated heterocycles. The van der Waals surface area contributed by atoms with Gasteiger partial charge in [0.1, 0.15) is 24.2 Å². The second kappa shape index (κ2) is 6.40. The predicted molar refractivity (Wildman–Crippen MR) is 91.3 cm³/mol. The molecule has 1 spiro atoms. The van der Waals surface area contributed by atoms with Crippen LogP contribution in [0.3, 0.4) is 0 Å². The number of carbonyl (C=O) groups excluding carboxylic acids is 1. The summed E-state index contributed by atoms with van der Waals surface area (Å²) in [6.45, 7) is 4.29. The SMILES string of the molecule is CC1=CC2(CCN(C(=O)c3cccc(-n4cnnc4)n3)CC2)OCC1. The van der Waals surface area contributed by atoms with Crippen LogP contribution in [0.4, 0.5) is 0 Å². The normalized spacial score (nSPS) is 19.7. The molecule has 0 aliphatic carbocycles. The van der Waals surface area contributed by atoms with E-state index in [2.05, 4.69) is 28.2 Å². The topological polar surface area (TPSA) is 73.1 Å². The molecule has 0 aromatic carbocycles. The molecule has 0 atom stereocenters. The number of ether oxygens (including phenoxy) is 1. The zero-order valence-corrected chi connectivity index (χ0v) is 14.3. The van der Waals surface area contributed by atoms with Gasteiger partial charge in [-0.2, -0.15) is 0 Å². The van der Waals surface area contributed by atoms with Gasteiger partial charge < -0.3 is 9.64 Å². The van der Waals surface area contributed by atoms with Crippen molar-refractivity contribution in [2.75, 3.05) is 19.7 Å². The number of piperidine rings is 1. The summed E-state index contributed by atoms with van der Waals surface area (Å²) >= 11 is 0. The highest BCUT2D eigenvalue weighted by Crippen LogP contribution is 2.33. The Hall–Kier alpha value is -2.54. The van der Waals surface area contributed by atoms with Crippen molar-refractivity contribution in [1.82, 2.24) is 24.6 Å².